The lowest BCUT2D eigenvalue weighted by molar-refractivity contribution is -0.137. The summed E-state index contributed by atoms with van der Waals surface area (Å²) >= 11 is 0. The van der Waals surface area contributed by atoms with Gasteiger partial charge in [0.1, 0.15) is 0 Å². The van der Waals surface area contributed by atoms with Gasteiger partial charge in [-0.1, -0.05) is 6.92 Å². The predicted molar refractivity (Wildman–Crippen MR) is 62.1 cm³/mol. The molecule has 0 aliphatic carbocycles. The summed E-state index contributed by atoms with van der Waals surface area (Å²) in [4.78, 5) is 35.3. The molecule has 0 aromatic rings. The maximum absolute atomic E-state index is 11.5. The second kappa shape index (κ2) is 5.77. The maximum Gasteiger partial charge on any atom is 0.246 e. The molecule has 96 valence electrons. The van der Waals surface area contributed by atoms with Crippen LogP contribution >= 0.6 is 0 Å². The zero-order chi connectivity index (χ0) is 13.0. The Balaban J connectivity index is 2.34. The molecule has 1 saturated heterocycles. The van der Waals surface area contributed by atoms with E-state index in [2.05, 4.69) is 10.6 Å². The molecule has 2 N–H and O–H groups in total. The SMILES string of the molecule is CCC(C)NC(=O)CNC1CC(=O)N(C)C1=O. The van der Waals surface area contributed by atoms with E-state index in [9.17, 15) is 14.4 Å². The monoisotopic (exact) mass is 241 g/mol. The zero-order valence-electron chi connectivity index (χ0n) is 10.4. The Morgan fingerprint density at radius 2 is 2.18 bits per heavy atom. The Kier molecular flexibility index (Phi) is 4.62. The Morgan fingerprint density at radius 1 is 1.53 bits per heavy atom. The van der Waals surface area contributed by atoms with Crippen molar-refractivity contribution in [2.75, 3.05) is 13.6 Å². The molecule has 3 amide bonds. The minimum Gasteiger partial charge on any atom is -0.353 e. The standard InChI is InChI=1S/C11H19N3O3/c1-4-7(2)13-9(15)6-12-8-5-10(16)14(3)11(8)17/h7-8,12H,4-6H2,1-3H3,(H,13,15). The summed E-state index contributed by atoms with van der Waals surface area (Å²) in [6.07, 6.45) is 0.987. The second-order valence-corrected chi connectivity index (χ2v) is 4.31. The first-order valence-corrected chi connectivity index (χ1v) is 5.78. The smallest absolute Gasteiger partial charge is 0.246 e. The third kappa shape index (κ3) is 3.52. The highest BCUT2D eigenvalue weighted by Gasteiger charge is 2.35. The Labute approximate surface area is 101 Å². The van der Waals surface area contributed by atoms with Gasteiger partial charge in [-0.25, -0.2) is 0 Å². The van der Waals surface area contributed by atoms with Gasteiger partial charge in [-0.15, -0.1) is 0 Å². The van der Waals surface area contributed by atoms with E-state index in [1.54, 1.807) is 0 Å². The molecule has 0 radical (unpaired) electrons. The lowest BCUT2D eigenvalue weighted by atomic mass is 10.2. The molecule has 2 atom stereocenters. The van der Waals surface area contributed by atoms with Crippen molar-refractivity contribution in [2.45, 2.75) is 38.8 Å². The van der Waals surface area contributed by atoms with Crippen LogP contribution in [0.1, 0.15) is 26.7 Å². The lowest BCUT2D eigenvalue weighted by Gasteiger charge is -2.14. The first-order chi connectivity index (χ1) is 7.95. The summed E-state index contributed by atoms with van der Waals surface area (Å²) in [5.41, 5.74) is 0. The molecule has 1 fully saturated rings. The van der Waals surface area contributed by atoms with Crippen LogP contribution in [0.5, 0.6) is 0 Å². The minimum absolute atomic E-state index is 0.0574. The zero-order valence-corrected chi connectivity index (χ0v) is 10.4. The van der Waals surface area contributed by atoms with E-state index in [1.807, 2.05) is 13.8 Å². The number of hydrogen-bond acceptors (Lipinski definition) is 4. The number of nitrogens with zero attached hydrogens (tertiary/aromatic N) is 1. The number of hydrogen-bond donors (Lipinski definition) is 2. The summed E-state index contributed by atoms with van der Waals surface area (Å²) in [5, 5.41) is 5.58. The summed E-state index contributed by atoms with van der Waals surface area (Å²) < 4.78 is 0. The number of amides is 3. The number of likely N-dealkylation sites (N-methyl/N-ethyl adjacent to an activating group) is 1. The van der Waals surface area contributed by atoms with Crippen LogP contribution in [0.2, 0.25) is 0 Å². The summed E-state index contributed by atoms with van der Waals surface area (Å²) in [6, 6.07) is -0.442. The van der Waals surface area contributed by atoms with Gasteiger partial charge in [0.05, 0.1) is 19.0 Å². The van der Waals surface area contributed by atoms with E-state index in [-0.39, 0.29) is 36.7 Å². The van der Waals surface area contributed by atoms with Crippen LogP contribution in [0.15, 0.2) is 0 Å². The number of carbonyl (C=O) groups is 3. The van der Waals surface area contributed by atoms with Crippen molar-refractivity contribution in [3.8, 4) is 0 Å². The van der Waals surface area contributed by atoms with Crippen molar-refractivity contribution in [1.82, 2.24) is 15.5 Å². The van der Waals surface area contributed by atoms with Gasteiger partial charge >= 0.3 is 0 Å². The fourth-order valence-corrected chi connectivity index (χ4v) is 1.56. The van der Waals surface area contributed by atoms with Gasteiger partial charge in [-0.2, -0.15) is 0 Å². The number of nitrogens with one attached hydrogen (secondary N) is 2. The molecule has 0 aromatic heterocycles. The molecular formula is C11H19N3O3. The van der Waals surface area contributed by atoms with Crippen molar-refractivity contribution in [3.05, 3.63) is 0 Å². The summed E-state index contributed by atoms with van der Waals surface area (Å²) in [6.45, 7) is 3.95. The Hall–Kier alpha value is -1.43. The topological polar surface area (TPSA) is 78.5 Å². The molecule has 1 aliphatic rings. The number of likely N-dealkylation sites (tertiary alicyclic amines) is 1. The van der Waals surface area contributed by atoms with E-state index in [1.165, 1.54) is 7.05 Å². The molecule has 1 aliphatic heterocycles. The third-order valence-corrected chi connectivity index (χ3v) is 2.91. The Bertz CT molecular complexity index is 330. The van der Waals surface area contributed by atoms with E-state index >= 15 is 0 Å². The molecule has 1 heterocycles. The van der Waals surface area contributed by atoms with Gasteiger partial charge in [0.15, 0.2) is 0 Å². The quantitative estimate of drug-likeness (QED) is 0.621. The highest BCUT2D eigenvalue weighted by Crippen LogP contribution is 2.09. The van der Waals surface area contributed by atoms with Crippen LogP contribution in [-0.2, 0) is 14.4 Å². The molecule has 1 rings (SSSR count). The average molecular weight is 241 g/mol. The normalized spacial score (nSPS) is 21.8. The van der Waals surface area contributed by atoms with Crippen molar-refractivity contribution in [1.29, 1.82) is 0 Å². The van der Waals surface area contributed by atoms with Crippen LogP contribution in [-0.4, -0.2) is 48.3 Å². The fraction of sp³-hybridized carbons (Fsp3) is 0.727. The van der Waals surface area contributed by atoms with Gasteiger partial charge < -0.3 is 5.32 Å². The molecular weight excluding hydrogens is 222 g/mol. The molecule has 2 unspecified atom stereocenters. The van der Waals surface area contributed by atoms with Crippen molar-refractivity contribution < 1.29 is 14.4 Å². The van der Waals surface area contributed by atoms with Crippen LogP contribution < -0.4 is 10.6 Å². The molecule has 17 heavy (non-hydrogen) atoms. The van der Waals surface area contributed by atoms with Crippen molar-refractivity contribution in [2.24, 2.45) is 0 Å². The first-order valence-electron chi connectivity index (χ1n) is 5.78. The summed E-state index contributed by atoms with van der Waals surface area (Å²) in [5.74, 6) is -0.643. The van der Waals surface area contributed by atoms with Gasteiger partial charge in [-0.3, -0.25) is 24.6 Å². The third-order valence-electron chi connectivity index (χ3n) is 2.91. The van der Waals surface area contributed by atoms with Gasteiger partial charge in [0.2, 0.25) is 17.7 Å². The Morgan fingerprint density at radius 3 is 2.65 bits per heavy atom. The van der Waals surface area contributed by atoms with Crippen molar-refractivity contribution >= 4 is 17.7 Å². The van der Waals surface area contributed by atoms with E-state index in [0.717, 1.165) is 11.3 Å². The average Bonchev–Trinajstić information content (AvgIpc) is 2.54. The largest absolute Gasteiger partial charge is 0.353 e. The van der Waals surface area contributed by atoms with Crippen LogP contribution in [0.25, 0.3) is 0 Å². The van der Waals surface area contributed by atoms with Gasteiger partial charge in [-0.05, 0) is 13.3 Å². The number of carbonyl (C=O) groups excluding carboxylic acids is 3. The second-order valence-electron chi connectivity index (χ2n) is 4.31. The number of imide groups is 1. The maximum atomic E-state index is 11.5. The minimum atomic E-state index is -0.560. The first kappa shape index (κ1) is 13.6. The van der Waals surface area contributed by atoms with E-state index < -0.39 is 6.04 Å². The van der Waals surface area contributed by atoms with Gasteiger partial charge in [0, 0.05) is 13.1 Å². The molecule has 0 saturated carbocycles. The van der Waals surface area contributed by atoms with Crippen LogP contribution in [0, 0.1) is 0 Å². The van der Waals surface area contributed by atoms with E-state index in [4.69, 9.17) is 0 Å². The lowest BCUT2D eigenvalue weighted by Crippen LogP contribution is -2.44. The van der Waals surface area contributed by atoms with Crippen molar-refractivity contribution in [3.63, 3.8) is 0 Å². The number of rotatable bonds is 5. The van der Waals surface area contributed by atoms with Crippen LogP contribution in [0.3, 0.4) is 0 Å². The summed E-state index contributed by atoms with van der Waals surface area (Å²) in [7, 11) is 1.45. The van der Waals surface area contributed by atoms with Gasteiger partial charge in [0.25, 0.3) is 0 Å². The highest BCUT2D eigenvalue weighted by molar-refractivity contribution is 6.05. The molecule has 6 heteroatoms. The molecule has 0 bridgehead atoms. The highest BCUT2D eigenvalue weighted by atomic mass is 16.2. The molecule has 0 aromatic carbocycles. The fourth-order valence-electron chi connectivity index (χ4n) is 1.56. The molecule has 6 nitrogen and oxygen atoms in total. The predicted octanol–water partition coefficient (Wildman–Crippen LogP) is -0.752. The molecule has 0 spiro atoms. The van der Waals surface area contributed by atoms with E-state index in [0.29, 0.717) is 0 Å². The van der Waals surface area contributed by atoms with Crippen LogP contribution in [0.4, 0.5) is 0 Å².